The first kappa shape index (κ1) is 16.6. The second-order valence-electron chi connectivity index (χ2n) is 6.43. The maximum atomic E-state index is 12.5. The second kappa shape index (κ2) is 7.58. The summed E-state index contributed by atoms with van der Waals surface area (Å²) in [4.78, 5) is 14.8. The van der Waals surface area contributed by atoms with Gasteiger partial charge in [-0.15, -0.1) is 0 Å². The number of likely N-dealkylation sites (tertiary alicyclic amines) is 1. The van der Waals surface area contributed by atoms with Gasteiger partial charge in [0.25, 0.3) is 5.91 Å². The van der Waals surface area contributed by atoms with Crippen molar-refractivity contribution in [1.29, 1.82) is 0 Å². The first-order valence-electron chi connectivity index (χ1n) is 8.89. The van der Waals surface area contributed by atoms with Gasteiger partial charge in [0.1, 0.15) is 5.76 Å². The molecule has 3 aromatic rings. The normalized spacial score (nSPS) is 15.8. The highest BCUT2D eigenvalue weighted by molar-refractivity contribution is 5.93. The van der Waals surface area contributed by atoms with E-state index in [1.807, 2.05) is 42.5 Å². The van der Waals surface area contributed by atoms with Crippen molar-refractivity contribution in [2.45, 2.75) is 18.9 Å². The molecule has 1 aromatic carbocycles. The number of aromatic nitrogens is 1. The maximum absolute atomic E-state index is 12.5. The fourth-order valence-electron chi connectivity index (χ4n) is 3.34. The predicted octanol–water partition coefficient (Wildman–Crippen LogP) is 3.50. The van der Waals surface area contributed by atoms with Gasteiger partial charge >= 0.3 is 0 Å². The van der Waals surface area contributed by atoms with Gasteiger partial charge in [0, 0.05) is 18.2 Å². The summed E-state index contributed by atoms with van der Waals surface area (Å²) in [5, 5.41) is 6.87. The summed E-state index contributed by atoms with van der Waals surface area (Å²) in [7, 11) is 0. The minimum Gasteiger partial charge on any atom is -0.468 e. The Morgan fingerprint density at radius 3 is 2.69 bits per heavy atom. The molecule has 1 amide bonds. The van der Waals surface area contributed by atoms with E-state index in [0.29, 0.717) is 12.3 Å². The van der Waals surface area contributed by atoms with Crippen LogP contribution in [0, 0.1) is 0 Å². The number of carbonyl (C=O) groups is 1. The molecule has 0 bridgehead atoms. The average molecular weight is 351 g/mol. The van der Waals surface area contributed by atoms with Crippen molar-refractivity contribution in [3.8, 4) is 11.3 Å². The standard InChI is InChI=1S/C20H21N3O3/c24-20(16-13-19(26-22-16)15-7-2-1-3-8-15)21-14-17(18-9-6-12-25-18)23-10-4-5-11-23/h1-3,6-9,12-13,17H,4-5,10-11,14H2,(H,21,24). The van der Waals surface area contributed by atoms with Crippen LogP contribution in [-0.4, -0.2) is 35.6 Å². The topological polar surface area (TPSA) is 71.5 Å². The van der Waals surface area contributed by atoms with Crippen molar-refractivity contribution in [3.05, 3.63) is 66.2 Å². The van der Waals surface area contributed by atoms with Gasteiger partial charge in [-0.3, -0.25) is 9.69 Å². The number of hydrogen-bond donors (Lipinski definition) is 1. The zero-order chi connectivity index (χ0) is 17.8. The van der Waals surface area contributed by atoms with E-state index < -0.39 is 0 Å². The van der Waals surface area contributed by atoms with Crippen LogP contribution >= 0.6 is 0 Å². The molecule has 2 aromatic heterocycles. The predicted molar refractivity (Wildman–Crippen MR) is 96.5 cm³/mol. The molecule has 1 atom stereocenters. The molecule has 6 heteroatoms. The van der Waals surface area contributed by atoms with Crippen LogP contribution in [0.1, 0.15) is 35.1 Å². The van der Waals surface area contributed by atoms with Gasteiger partial charge in [-0.1, -0.05) is 35.5 Å². The fourth-order valence-corrected chi connectivity index (χ4v) is 3.34. The smallest absolute Gasteiger partial charge is 0.273 e. The molecule has 6 nitrogen and oxygen atoms in total. The molecule has 4 rings (SSSR count). The summed E-state index contributed by atoms with van der Waals surface area (Å²) < 4.78 is 10.9. The molecular weight excluding hydrogens is 330 g/mol. The summed E-state index contributed by atoms with van der Waals surface area (Å²) in [6.45, 7) is 2.51. The van der Waals surface area contributed by atoms with Crippen LogP contribution in [-0.2, 0) is 0 Å². The third-order valence-electron chi connectivity index (χ3n) is 4.71. The Labute approximate surface area is 151 Å². The number of nitrogens with one attached hydrogen (secondary N) is 1. The van der Waals surface area contributed by atoms with Gasteiger partial charge in [-0.05, 0) is 38.1 Å². The van der Waals surface area contributed by atoms with Crippen LogP contribution in [0.15, 0.2) is 63.7 Å². The average Bonchev–Trinajstić information content (AvgIpc) is 3.44. The summed E-state index contributed by atoms with van der Waals surface area (Å²) in [6.07, 6.45) is 4.02. The first-order valence-corrected chi connectivity index (χ1v) is 8.89. The van der Waals surface area contributed by atoms with Gasteiger partial charge in [-0.2, -0.15) is 0 Å². The lowest BCUT2D eigenvalue weighted by Gasteiger charge is -2.25. The van der Waals surface area contributed by atoms with Crippen LogP contribution in [0.4, 0.5) is 0 Å². The number of furan rings is 1. The minimum absolute atomic E-state index is 0.0388. The van der Waals surface area contributed by atoms with Crippen LogP contribution in [0.3, 0.4) is 0 Å². The summed E-state index contributed by atoms with van der Waals surface area (Å²) in [5.41, 5.74) is 1.17. The van der Waals surface area contributed by atoms with E-state index in [4.69, 9.17) is 8.94 Å². The molecule has 1 aliphatic rings. The Balaban J connectivity index is 1.43. The lowest BCUT2D eigenvalue weighted by atomic mass is 10.1. The van der Waals surface area contributed by atoms with Crippen LogP contribution < -0.4 is 5.32 Å². The Morgan fingerprint density at radius 1 is 1.15 bits per heavy atom. The number of amides is 1. The van der Waals surface area contributed by atoms with E-state index in [2.05, 4.69) is 15.4 Å². The molecule has 26 heavy (non-hydrogen) atoms. The molecule has 1 saturated heterocycles. The number of carbonyl (C=O) groups excluding carboxylic acids is 1. The van der Waals surface area contributed by atoms with Crippen LogP contribution in [0.2, 0.25) is 0 Å². The number of nitrogens with zero attached hydrogens (tertiary/aromatic N) is 2. The number of hydrogen-bond acceptors (Lipinski definition) is 5. The number of benzene rings is 1. The lowest BCUT2D eigenvalue weighted by Crippen LogP contribution is -2.36. The highest BCUT2D eigenvalue weighted by Crippen LogP contribution is 2.25. The highest BCUT2D eigenvalue weighted by atomic mass is 16.5. The third kappa shape index (κ3) is 3.55. The van der Waals surface area contributed by atoms with Crippen molar-refractivity contribution >= 4 is 5.91 Å². The SMILES string of the molecule is O=C(NCC(c1ccco1)N1CCCC1)c1cc(-c2ccccc2)on1. The van der Waals surface area contributed by atoms with Crippen molar-refractivity contribution in [2.24, 2.45) is 0 Å². The third-order valence-corrected chi connectivity index (χ3v) is 4.71. The van der Waals surface area contributed by atoms with Crippen molar-refractivity contribution in [3.63, 3.8) is 0 Å². The van der Waals surface area contributed by atoms with E-state index in [-0.39, 0.29) is 17.6 Å². The van der Waals surface area contributed by atoms with Gasteiger partial charge in [0.2, 0.25) is 0 Å². The quantitative estimate of drug-likeness (QED) is 0.736. The summed E-state index contributed by atoms with van der Waals surface area (Å²) >= 11 is 0. The van der Waals surface area contributed by atoms with Crippen molar-refractivity contribution in [2.75, 3.05) is 19.6 Å². The largest absolute Gasteiger partial charge is 0.468 e. The van der Waals surface area contributed by atoms with Gasteiger partial charge < -0.3 is 14.3 Å². The molecule has 0 radical (unpaired) electrons. The molecule has 1 aliphatic heterocycles. The second-order valence-corrected chi connectivity index (χ2v) is 6.43. The van der Waals surface area contributed by atoms with E-state index in [1.54, 1.807) is 12.3 Å². The van der Waals surface area contributed by atoms with Crippen molar-refractivity contribution < 1.29 is 13.7 Å². The van der Waals surface area contributed by atoms with Crippen LogP contribution in [0.5, 0.6) is 0 Å². The Morgan fingerprint density at radius 2 is 1.96 bits per heavy atom. The molecule has 1 N–H and O–H groups in total. The van der Waals surface area contributed by atoms with E-state index in [1.165, 1.54) is 12.8 Å². The van der Waals surface area contributed by atoms with E-state index in [0.717, 1.165) is 24.4 Å². The van der Waals surface area contributed by atoms with E-state index in [9.17, 15) is 4.79 Å². The van der Waals surface area contributed by atoms with Gasteiger partial charge in [0.05, 0.1) is 12.3 Å². The Hall–Kier alpha value is -2.86. The van der Waals surface area contributed by atoms with Crippen molar-refractivity contribution in [1.82, 2.24) is 15.4 Å². The monoisotopic (exact) mass is 351 g/mol. The summed E-state index contributed by atoms with van der Waals surface area (Å²) in [5.74, 6) is 1.21. The Bertz CT molecular complexity index is 836. The lowest BCUT2D eigenvalue weighted by molar-refractivity contribution is 0.0925. The molecule has 134 valence electrons. The molecule has 0 aliphatic carbocycles. The molecular formula is C20H21N3O3. The van der Waals surface area contributed by atoms with Crippen LogP contribution in [0.25, 0.3) is 11.3 Å². The molecule has 1 fully saturated rings. The number of rotatable bonds is 6. The molecule has 0 spiro atoms. The Kier molecular flexibility index (Phi) is 4.84. The highest BCUT2D eigenvalue weighted by Gasteiger charge is 2.26. The first-order chi connectivity index (χ1) is 12.8. The van der Waals surface area contributed by atoms with Gasteiger partial charge in [-0.25, -0.2) is 0 Å². The molecule has 0 saturated carbocycles. The minimum atomic E-state index is -0.244. The summed E-state index contributed by atoms with van der Waals surface area (Å²) in [6, 6.07) is 15.1. The zero-order valence-electron chi connectivity index (χ0n) is 14.4. The van der Waals surface area contributed by atoms with E-state index >= 15 is 0 Å². The van der Waals surface area contributed by atoms with Gasteiger partial charge in [0.15, 0.2) is 11.5 Å². The molecule has 1 unspecified atom stereocenters. The maximum Gasteiger partial charge on any atom is 0.273 e. The fraction of sp³-hybridized carbons (Fsp3) is 0.300. The molecule has 3 heterocycles. The zero-order valence-corrected chi connectivity index (χ0v) is 14.4.